The summed E-state index contributed by atoms with van der Waals surface area (Å²) in [7, 11) is 0.252. The van der Waals surface area contributed by atoms with Crippen LogP contribution in [0.2, 0.25) is 0 Å². The van der Waals surface area contributed by atoms with Crippen molar-refractivity contribution in [3.05, 3.63) is 17.5 Å². The summed E-state index contributed by atoms with van der Waals surface area (Å²) in [6.45, 7) is 4.29. The lowest BCUT2D eigenvalue weighted by molar-refractivity contribution is 0.330. The van der Waals surface area contributed by atoms with Gasteiger partial charge in [-0.15, -0.1) is 0 Å². The number of sulfonamides is 1. The summed E-state index contributed by atoms with van der Waals surface area (Å²) in [5.74, 6) is 0. The minimum atomic E-state index is -3.15. The molecule has 2 heterocycles. The van der Waals surface area contributed by atoms with Gasteiger partial charge in [-0.05, 0) is 26.4 Å². The molecule has 0 bridgehead atoms. The highest BCUT2D eigenvalue weighted by atomic mass is 32.2. The van der Waals surface area contributed by atoms with E-state index >= 15 is 0 Å². The molecule has 0 radical (unpaired) electrons. The average Bonchev–Trinajstić information content (AvgIpc) is 2.97. The van der Waals surface area contributed by atoms with Gasteiger partial charge >= 0.3 is 0 Å². The van der Waals surface area contributed by atoms with Crippen LogP contribution in [0, 0.1) is 0 Å². The molecule has 108 valence electrons. The summed E-state index contributed by atoms with van der Waals surface area (Å²) in [5.41, 5.74) is 2.30. The lowest BCUT2D eigenvalue weighted by Gasteiger charge is -2.15. The lowest BCUT2D eigenvalue weighted by Crippen LogP contribution is -2.34. The summed E-state index contributed by atoms with van der Waals surface area (Å²) in [6, 6.07) is 0. The van der Waals surface area contributed by atoms with Crippen molar-refractivity contribution < 1.29 is 8.42 Å². The molecule has 0 aliphatic carbocycles. The zero-order chi connectivity index (χ0) is 14.0. The second-order valence-corrected chi connectivity index (χ2v) is 7.19. The molecule has 1 aliphatic heterocycles. The smallest absolute Gasteiger partial charge is 0.215 e. The van der Waals surface area contributed by atoms with Crippen LogP contribution in [0.5, 0.6) is 0 Å². The number of nitrogens with one attached hydrogen (secondary N) is 1. The normalized spacial score (nSPS) is 21.1. The Morgan fingerprint density at radius 3 is 2.89 bits per heavy atom. The second-order valence-electron chi connectivity index (χ2n) is 5.02. The molecule has 6 nitrogen and oxygen atoms in total. The molecule has 0 saturated carbocycles. The van der Waals surface area contributed by atoms with Crippen LogP contribution in [0.1, 0.15) is 24.6 Å². The molecule has 0 amide bonds. The number of aromatic nitrogens is 2. The molecule has 1 N–H and O–H groups in total. The molecule has 19 heavy (non-hydrogen) atoms. The molecular weight excluding hydrogens is 264 g/mol. The van der Waals surface area contributed by atoms with E-state index in [1.807, 2.05) is 17.9 Å². The van der Waals surface area contributed by atoms with E-state index in [4.69, 9.17) is 0 Å². The van der Waals surface area contributed by atoms with Gasteiger partial charge in [0.15, 0.2) is 0 Å². The summed E-state index contributed by atoms with van der Waals surface area (Å²) in [5, 5.41) is 4.12. The molecule has 0 aromatic carbocycles. The highest BCUT2D eigenvalue weighted by molar-refractivity contribution is 7.90. The van der Waals surface area contributed by atoms with Gasteiger partial charge in [-0.1, -0.05) is 6.92 Å². The van der Waals surface area contributed by atoms with E-state index in [1.54, 1.807) is 0 Å². The fourth-order valence-electron chi connectivity index (χ4n) is 2.61. The highest BCUT2D eigenvalue weighted by Gasteiger charge is 2.32. The quantitative estimate of drug-likeness (QED) is 0.834. The number of rotatable bonds is 5. The maximum atomic E-state index is 11.8. The second kappa shape index (κ2) is 5.60. The fraction of sp³-hybridized carbons (Fsp3) is 0.750. The first-order chi connectivity index (χ1) is 8.96. The zero-order valence-electron chi connectivity index (χ0n) is 11.8. The van der Waals surface area contributed by atoms with Crippen molar-refractivity contribution in [2.45, 2.75) is 31.6 Å². The van der Waals surface area contributed by atoms with Crippen molar-refractivity contribution in [2.24, 2.45) is 7.05 Å². The Kier molecular flexibility index (Phi) is 4.27. The Bertz CT molecular complexity index is 538. The molecule has 1 saturated heterocycles. The monoisotopic (exact) mass is 286 g/mol. The third-order valence-corrected chi connectivity index (χ3v) is 5.50. The number of hydrogen-bond donors (Lipinski definition) is 1. The van der Waals surface area contributed by atoms with E-state index < -0.39 is 10.0 Å². The zero-order valence-corrected chi connectivity index (χ0v) is 12.6. The molecule has 1 fully saturated rings. The molecule has 1 aromatic heterocycles. The minimum absolute atomic E-state index is 0.292. The Morgan fingerprint density at radius 1 is 1.53 bits per heavy atom. The Labute approximate surface area is 114 Å². The van der Waals surface area contributed by atoms with E-state index in [-0.39, 0.29) is 5.25 Å². The van der Waals surface area contributed by atoms with Gasteiger partial charge in [0.2, 0.25) is 10.0 Å². The van der Waals surface area contributed by atoms with Crippen molar-refractivity contribution in [3.63, 3.8) is 0 Å². The van der Waals surface area contributed by atoms with Gasteiger partial charge in [-0.25, -0.2) is 13.1 Å². The maximum absolute atomic E-state index is 11.8. The molecule has 2 rings (SSSR count). The molecule has 1 aliphatic rings. The third kappa shape index (κ3) is 3.16. The van der Waals surface area contributed by atoms with Crippen molar-refractivity contribution in [2.75, 3.05) is 20.1 Å². The van der Waals surface area contributed by atoms with E-state index in [2.05, 4.69) is 21.6 Å². The van der Waals surface area contributed by atoms with Gasteiger partial charge in [0.25, 0.3) is 0 Å². The summed E-state index contributed by atoms with van der Waals surface area (Å²) in [4.78, 5) is 2.19. The third-order valence-electron chi connectivity index (χ3n) is 3.67. The number of hydrogen-bond acceptors (Lipinski definition) is 4. The Morgan fingerprint density at radius 2 is 2.26 bits per heavy atom. The predicted octanol–water partition coefficient (Wildman–Crippen LogP) is 0.106. The summed E-state index contributed by atoms with van der Waals surface area (Å²) in [6.07, 6.45) is 3.63. The van der Waals surface area contributed by atoms with Crippen LogP contribution in [0.15, 0.2) is 6.20 Å². The predicted molar refractivity (Wildman–Crippen MR) is 74.2 cm³/mol. The Balaban J connectivity index is 2.02. The average molecular weight is 286 g/mol. The number of likely N-dealkylation sites (tertiary alicyclic amines) is 1. The van der Waals surface area contributed by atoms with E-state index in [0.717, 1.165) is 25.2 Å². The van der Waals surface area contributed by atoms with Crippen LogP contribution in [0.25, 0.3) is 0 Å². The lowest BCUT2D eigenvalue weighted by atomic mass is 10.2. The number of aryl methyl sites for hydroxylation is 2. The van der Waals surface area contributed by atoms with Crippen molar-refractivity contribution >= 4 is 10.0 Å². The molecule has 1 aromatic rings. The topological polar surface area (TPSA) is 67.2 Å². The van der Waals surface area contributed by atoms with Gasteiger partial charge in [-0.2, -0.15) is 5.10 Å². The first kappa shape index (κ1) is 14.5. The van der Waals surface area contributed by atoms with Crippen molar-refractivity contribution in [3.8, 4) is 0 Å². The highest BCUT2D eigenvalue weighted by Crippen LogP contribution is 2.19. The van der Waals surface area contributed by atoms with Crippen LogP contribution in [-0.4, -0.2) is 48.5 Å². The van der Waals surface area contributed by atoms with Crippen molar-refractivity contribution in [1.29, 1.82) is 0 Å². The van der Waals surface area contributed by atoms with Gasteiger partial charge in [-0.3, -0.25) is 9.58 Å². The van der Waals surface area contributed by atoms with E-state index in [1.165, 1.54) is 12.6 Å². The number of nitrogens with zero attached hydrogens (tertiary/aromatic N) is 3. The first-order valence-corrected chi connectivity index (χ1v) is 8.17. The first-order valence-electron chi connectivity index (χ1n) is 6.62. The largest absolute Gasteiger partial charge is 0.298 e. The Hall–Kier alpha value is -0.920. The van der Waals surface area contributed by atoms with E-state index in [9.17, 15) is 8.42 Å². The maximum Gasteiger partial charge on any atom is 0.215 e. The van der Waals surface area contributed by atoms with E-state index in [0.29, 0.717) is 13.0 Å². The molecule has 1 atom stereocenters. The fourth-order valence-corrected chi connectivity index (χ4v) is 3.77. The van der Waals surface area contributed by atoms with Gasteiger partial charge in [0.1, 0.15) is 0 Å². The standard InChI is InChI=1S/C12H22N4O2S/c1-4-12-10(7-15(3)14-12)8-16-6-5-11(9-16)19(17,18)13-2/h7,11,13H,4-6,8-9H2,1-3H3. The summed E-state index contributed by atoms with van der Waals surface area (Å²) < 4.78 is 27.8. The minimum Gasteiger partial charge on any atom is -0.298 e. The molecule has 7 heteroatoms. The SMILES string of the molecule is CCc1nn(C)cc1CN1CCC(S(=O)(=O)NC)C1. The molecule has 1 unspecified atom stereocenters. The van der Waals surface area contributed by atoms with Crippen molar-refractivity contribution in [1.82, 2.24) is 19.4 Å². The van der Waals surface area contributed by atoms with Crippen LogP contribution in [0.4, 0.5) is 0 Å². The van der Waals surface area contributed by atoms with Crippen LogP contribution in [-0.2, 0) is 30.0 Å². The van der Waals surface area contributed by atoms with Crippen LogP contribution >= 0.6 is 0 Å². The van der Waals surface area contributed by atoms with Crippen LogP contribution in [0.3, 0.4) is 0 Å². The molecular formula is C12H22N4O2S. The van der Waals surface area contributed by atoms with Gasteiger partial charge in [0.05, 0.1) is 10.9 Å². The van der Waals surface area contributed by atoms with Crippen LogP contribution < -0.4 is 4.72 Å². The molecule has 0 spiro atoms. The summed E-state index contributed by atoms with van der Waals surface area (Å²) >= 11 is 0. The van der Waals surface area contributed by atoms with Gasteiger partial charge < -0.3 is 0 Å². The van der Waals surface area contributed by atoms with Gasteiger partial charge in [0, 0.05) is 31.9 Å².